The molecule has 6 heteroatoms. The Bertz CT molecular complexity index is 741. The van der Waals surface area contributed by atoms with Crippen LogP contribution in [-0.4, -0.2) is 17.6 Å². The maximum absolute atomic E-state index is 13.1. The fraction of sp³-hybridized carbons (Fsp3) is 0.632. The molecule has 1 aromatic heterocycles. The second-order valence-corrected chi connectivity index (χ2v) is 8.31. The molecule has 2 amide bonds. The molecule has 0 saturated heterocycles. The van der Waals surface area contributed by atoms with Gasteiger partial charge in [0.25, 0.3) is 5.91 Å². The fourth-order valence-electron chi connectivity index (χ4n) is 5.92. The van der Waals surface area contributed by atoms with Crippen LogP contribution in [0, 0.1) is 30.1 Å². The van der Waals surface area contributed by atoms with Crippen molar-refractivity contribution in [3.63, 3.8) is 0 Å². The standard InChI is InChI=1S/C19H24N2O4/c1-9(22)14-10(2)25-17(15(14)16(20)23)21-18(24)19-6-11-3-12(7-19)5-13(4-11)8-19/h11-13H,3-8H2,1-2H3,(H2,20,23)(H,21,24). The molecular formula is C19H24N2O4. The van der Waals surface area contributed by atoms with Gasteiger partial charge in [0.2, 0.25) is 11.8 Å². The van der Waals surface area contributed by atoms with Crippen molar-refractivity contribution in [2.45, 2.75) is 52.4 Å². The average Bonchev–Trinajstić information content (AvgIpc) is 2.82. The zero-order valence-corrected chi connectivity index (χ0v) is 14.7. The average molecular weight is 344 g/mol. The van der Waals surface area contributed by atoms with E-state index in [-0.39, 0.29) is 34.1 Å². The van der Waals surface area contributed by atoms with Crippen LogP contribution in [0.5, 0.6) is 0 Å². The summed E-state index contributed by atoms with van der Waals surface area (Å²) in [4.78, 5) is 36.8. The SMILES string of the molecule is CC(=O)c1c(C)oc(NC(=O)C23CC4CC(CC(C4)C2)C3)c1C(N)=O. The van der Waals surface area contributed by atoms with Crippen LogP contribution in [0.15, 0.2) is 4.42 Å². The third-order valence-corrected chi connectivity index (χ3v) is 6.43. The quantitative estimate of drug-likeness (QED) is 0.819. The van der Waals surface area contributed by atoms with Crippen LogP contribution >= 0.6 is 0 Å². The second-order valence-electron chi connectivity index (χ2n) is 8.31. The number of ketones is 1. The van der Waals surface area contributed by atoms with Gasteiger partial charge in [-0.05, 0) is 70.1 Å². The highest BCUT2D eigenvalue weighted by atomic mass is 16.4. The molecule has 0 spiro atoms. The minimum Gasteiger partial charge on any atom is -0.444 e. The lowest BCUT2D eigenvalue weighted by Gasteiger charge is -2.55. The molecule has 3 N–H and O–H groups in total. The molecule has 5 rings (SSSR count). The molecule has 0 aromatic carbocycles. The summed E-state index contributed by atoms with van der Waals surface area (Å²) in [5, 5.41) is 2.81. The van der Waals surface area contributed by atoms with E-state index in [0.29, 0.717) is 23.5 Å². The number of furan rings is 1. The van der Waals surface area contributed by atoms with Gasteiger partial charge < -0.3 is 10.2 Å². The number of nitrogens with two attached hydrogens (primary N) is 1. The van der Waals surface area contributed by atoms with Crippen molar-refractivity contribution >= 4 is 23.5 Å². The van der Waals surface area contributed by atoms with Gasteiger partial charge in [0.05, 0.1) is 11.0 Å². The monoisotopic (exact) mass is 344 g/mol. The molecule has 0 radical (unpaired) electrons. The predicted octanol–water partition coefficient (Wildman–Crippen LogP) is 3.04. The highest BCUT2D eigenvalue weighted by molar-refractivity contribution is 6.12. The molecular weight excluding hydrogens is 320 g/mol. The minimum atomic E-state index is -0.761. The molecule has 4 aliphatic carbocycles. The lowest BCUT2D eigenvalue weighted by Crippen LogP contribution is -2.51. The van der Waals surface area contributed by atoms with Crippen molar-refractivity contribution < 1.29 is 18.8 Å². The van der Waals surface area contributed by atoms with Crippen molar-refractivity contribution in [3.05, 3.63) is 16.9 Å². The van der Waals surface area contributed by atoms with Crippen LogP contribution in [-0.2, 0) is 4.79 Å². The van der Waals surface area contributed by atoms with Gasteiger partial charge in [0.1, 0.15) is 11.3 Å². The van der Waals surface area contributed by atoms with E-state index in [1.165, 1.54) is 26.2 Å². The van der Waals surface area contributed by atoms with Crippen LogP contribution in [0.25, 0.3) is 0 Å². The topological polar surface area (TPSA) is 102 Å². The van der Waals surface area contributed by atoms with E-state index in [0.717, 1.165) is 19.3 Å². The number of carbonyl (C=O) groups is 3. The van der Waals surface area contributed by atoms with Crippen LogP contribution < -0.4 is 11.1 Å². The highest BCUT2D eigenvalue weighted by Crippen LogP contribution is 2.60. The predicted molar refractivity (Wildman–Crippen MR) is 91.2 cm³/mol. The highest BCUT2D eigenvalue weighted by Gasteiger charge is 2.54. The summed E-state index contributed by atoms with van der Waals surface area (Å²) in [5.74, 6) is 1.10. The first-order valence-electron chi connectivity index (χ1n) is 9.04. The van der Waals surface area contributed by atoms with Gasteiger partial charge in [-0.2, -0.15) is 0 Å². The van der Waals surface area contributed by atoms with Crippen molar-refractivity contribution in [3.8, 4) is 0 Å². The number of primary amides is 1. The van der Waals surface area contributed by atoms with E-state index in [4.69, 9.17) is 10.2 Å². The number of rotatable bonds is 4. The smallest absolute Gasteiger partial charge is 0.255 e. The van der Waals surface area contributed by atoms with Gasteiger partial charge in [-0.3, -0.25) is 19.7 Å². The Balaban J connectivity index is 1.65. The zero-order chi connectivity index (χ0) is 17.9. The largest absolute Gasteiger partial charge is 0.444 e. The Hall–Kier alpha value is -2.11. The third-order valence-electron chi connectivity index (χ3n) is 6.43. The summed E-state index contributed by atoms with van der Waals surface area (Å²) in [6.07, 6.45) is 6.47. The lowest BCUT2D eigenvalue weighted by molar-refractivity contribution is -0.140. The van der Waals surface area contributed by atoms with Gasteiger partial charge in [-0.1, -0.05) is 0 Å². The van der Waals surface area contributed by atoms with Gasteiger partial charge in [0, 0.05) is 0 Å². The first-order chi connectivity index (χ1) is 11.8. The first-order valence-corrected chi connectivity index (χ1v) is 9.04. The van der Waals surface area contributed by atoms with E-state index in [1.54, 1.807) is 6.92 Å². The molecule has 0 unspecified atom stereocenters. The molecule has 134 valence electrons. The van der Waals surface area contributed by atoms with E-state index in [2.05, 4.69) is 5.32 Å². The maximum atomic E-state index is 13.1. The maximum Gasteiger partial charge on any atom is 0.255 e. The number of hydrogen-bond donors (Lipinski definition) is 2. The van der Waals surface area contributed by atoms with Gasteiger partial charge in [-0.15, -0.1) is 0 Å². The molecule has 4 saturated carbocycles. The summed E-state index contributed by atoms with van der Waals surface area (Å²) in [7, 11) is 0. The van der Waals surface area contributed by atoms with Crippen LogP contribution in [0.2, 0.25) is 0 Å². The Labute approximate surface area is 146 Å². The van der Waals surface area contributed by atoms with Crippen molar-refractivity contribution in [1.82, 2.24) is 0 Å². The van der Waals surface area contributed by atoms with E-state index in [9.17, 15) is 14.4 Å². The van der Waals surface area contributed by atoms with E-state index in [1.807, 2.05) is 0 Å². The summed E-state index contributed by atoms with van der Waals surface area (Å²) < 4.78 is 5.55. The Morgan fingerprint density at radius 1 is 1.04 bits per heavy atom. The number of anilines is 1. The molecule has 0 aliphatic heterocycles. The normalized spacial score (nSPS) is 32.6. The summed E-state index contributed by atoms with van der Waals surface area (Å²) in [6, 6.07) is 0. The number of hydrogen-bond acceptors (Lipinski definition) is 4. The Morgan fingerprint density at radius 2 is 1.56 bits per heavy atom. The minimum absolute atomic E-state index is 0.0110. The van der Waals surface area contributed by atoms with Crippen LogP contribution in [0.1, 0.15) is 71.9 Å². The van der Waals surface area contributed by atoms with Crippen molar-refractivity contribution in [2.75, 3.05) is 5.32 Å². The third kappa shape index (κ3) is 2.50. The van der Waals surface area contributed by atoms with E-state index < -0.39 is 5.91 Å². The Morgan fingerprint density at radius 3 is 2.00 bits per heavy atom. The molecule has 0 atom stereocenters. The molecule has 6 nitrogen and oxygen atoms in total. The summed E-state index contributed by atoms with van der Waals surface area (Å²) in [6.45, 7) is 2.96. The van der Waals surface area contributed by atoms with Gasteiger partial charge in [0.15, 0.2) is 5.78 Å². The molecule has 1 aromatic rings. The lowest BCUT2D eigenvalue weighted by atomic mass is 9.49. The number of Topliss-reactive ketones (excluding diaryl/α,β-unsaturated/α-hetero) is 1. The van der Waals surface area contributed by atoms with Crippen LogP contribution in [0.4, 0.5) is 5.88 Å². The van der Waals surface area contributed by atoms with Crippen molar-refractivity contribution in [1.29, 1.82) is 0 Å². The van der Waals surface area contributed by atoms with Crippen LogP contribution in [0.3, 0.4) is 0 Å². The summed E-state index contributed by atoms with van der Waals surface area (Å²) in [5.41, 5.74) is 5.24. The number of nitrogens with one attached hydrogen (secondary N) is 1. The fourth-order valence-corrected chi connectivity index (χ4v) is 5.92. The number of carbonyl (C=O) groups excluding carboxylic acids is 3. The molecule has 25 heavy (non-hydrogen) atoms. The summed E-state index contributed by atoms with van der Waals surface area (Å²) >= 11 is 0. The zero-order valence-electron chi connectivity index (χ0n) is 14.7. The first kappa shape index (κ1) is 16.4. The van der Waals surface area contributed by atoms with Gasteiger partial charge >= 0.3 is 0 Å². The van der Waals surface area contributed by atoms with E-state index >= 15 is 0 Å². The number of amides is 2. The van der Waals surface area contributed by atoms with Crippen molar-refractivity contribution in [2.24, 2.45) is 28.9 Å². The molecule has 4 aliphatic rings. The Kier molecular flexibility index (Phi) is 3.56. The molecule has 4 bridgehead atoms. The molecule has 4 fully saturated rings. The van der Waals surface area contributed by atoms with Gasteiger partial charge in [-0.25, -0.2) is 0 Å². The second kappa shape index (κ2) is 5.44. The molecule has 1 heterocycles. The number of aryl methyl sites for hydroxylation is 1.